The third-order valence-corrected chi connectivity index (χ3v) is 9.24. The summed E-state index contributed by atoms with van der Waals surface area (Å²) in [4.78, 5) is 11.8. The molecule has 0 aromatic carbocycles. The van der Waals surface area contributed by atoms with Crippen LogP contribution in [0.5, 0.6) is 0 Å². The van der Waals surface area contributed by atoms with Gasteiger partial charge in [-0.25, -0.2) is 4.79 Å². The number of hydrogen-bond acceptors (Lipinski definition) is 6. The molecule has 4 atom stereocenters. The van der Waals surface area contributed by atoms with Gasteiger partial charge in [0.05, 0.1) is 6.61 Å². The van der Waals surface area contributed by atoms with E-state index in [1.54, 1.807) is 13.8 Å². The Labute approximate surface area is 133 Å². The van der Waals surface area contributed by atoms with Crippen LogP contribution in [0.15, 0.2) is 0 Å². The van der Waals surface area contributed by atoms with Gasteiger partial charge < -0.3 is 23.7 Å². The van der Waals surface area contributed by atoms with Crippen molar-refractivity contribution in [1.82, 2.24) is 0 Å². The summed E-state index contributed by atoms with van der Waals surface area (Å²) in [6.45, 7) is 14.2. The maximum Gasteiger partial charge on any atom is 0.338 e. The van der Waals surface area contributed by atoms with Crippen LogP contribution in [0, 0.1) is 0 Å². The van der Waals surface area contributed by atoms with E-state index in [-0.39, 0.29) is 11.6 Å². The van der Waals surface area contributed by atoms with Gasteiger partial charge in [-0.3, -0.25) is 0 Å². The van der Waals surface area contributed by atoms with Crippen LogP contribution in [-0.4, -0.2) is 56.2 Å². The number of aliphatic hydroxyl groups excluding tert-OH is 1. The largest absolute Gasteiger partial charge is 0.455 e. The number of hydrogen-bond donors (Lipinski definition) is 1. The van der Waals surface area contributed by atoms with Crippen molar-refractivity contribution in [2.24, 2.45) is 0 Å². The van der Waals surface area contributed by atoms with Gasteiger partial charge in [-0.2, -0.15) is 0 Å². The molecule has 0 radical (unpaired) electrons. The summed E-state index contributed by atoms with van der Waals surface area (Å²) in [6, 6.07) is 0. The van der Waals surface area contributed by atoms with E-state index in [9.17, 15) is 9.90 Å². The van der Waals surface area contributed by atoms with E-state index in [2.05, 4.69) is 33.9 Å². The van der Waals surface area contributed by atoms with Crippen molar-refractivity contribution in [1.29, 1.82) is 0 Å². The fraction of sp³-hybridized carbons (Fsp3) is 0.933. The van der Waals surface area contributed by atoms with E-state index in [1.807, 2.05) is 0 Å². The van der Waals surface area contributed by atoms with E-state index in [0.717, 1.165) is 0 Å². The smallest absolute Gasteiger partial charge is 0.338 e. The first-order valence-electron chi connectivity index (χ1n) is 7.72. The number of rotatable bonds is 4. The molecule has 6 nitrogen and oxygen atoms in total. The maximum absolute atomic E-state index is 11.8. The van der Waals surface area contributed by atoms with Crippen LogP contribution in [0.4, 0.5) is 0 Å². The predicted octanol–water partition coefficient (Wildman–Crippen LogP) is 1.81. The van der Waals surface area contributed by atoms with Crippen LogP contribution in [0.2, 0.25) is 18.1 Å². The summed E-state index contributed by atoms with van der Waals surface area (Å²) in [5.74, 6) is -1.32. The first-order valence-corrected chi connectivity index (χ1v) is 10.6. The summed E-state index contributed by atoms with van der Waals surface area (Å²) in [5.41, 5.74) is 0. The highest BCUT2D eigenvalue weighted by molar-refractivity contribution is 6.74. The summed E-state index contributed by atoms with van der Waals surface area (Å²) < 4.78 is 22.5. The van der Waals surface area contributed by atoms with Crippen molar-refractivity contribution in [3.63, 3.8) is 0 Å². The number of carbonyl (C=O) groups is 1. The molecular formula is C15H28O6Si. The van der Waals surface area contributed by atoms with Crippen LogP contribution < -0.4 is 0 Å². The Morgan fingerprint density at radius 1 is 1.32 bits per heavy atom. The van der Waals surface area contributed by atoms with E-state index >= 15 is 0 Å². The average molecular weight is 332 g/mol. The molecule has 0 saturated carbocycles. The normalized spacial score (nSPS) is 32.7. The van der Waals surface area contributed by atoms with Gasteiger partial charge in [-0.05, 0) is 32.0 Å². The fourth-order valence-corrected chi connectivity index (χ4v) is 3.40. The lowest BCUT2D eigenvalue weighted by molar-refractivity contribution is -0.194. The van der Waals surface area contributed by atoms with Gasteiger partial charge in [0, 0.05) is 0 Å². The molecule has 0 spiro atoms. The minimum absolute atomic E-state index is 0.0522. The molecule has 22 heavy (non-hydrogen) atoms. The molecule has 2 aliphatic heterocycles. The molecule has 0 aromatic rings. The third-order valence-electron chi connectivity index (χ3n) is 4.74. The molecule has 7 heteroatoms. The molecule has 0 amide bonds. The first-order chi connectivity index (χ1) is 9.84. The lowest BCUT2D eigenvalue weighted by Gasteiger charge is -2.37. The molecule has 0 aromatic heterocycles. The highest BCUT2D eigenvalue weighted by Crippen LogP contribution is 2.39. The lowest BCUT2D eigenvalue weighted by atomic mass is 10.1. The third kappa shape index (κ3) is 3.38. The minimum atomic E-state index is -1.97. The predicted molar refractivity (Wildman–Crippen MR) is 82.9 cm³/mol. The average Bonchev–Trinajstić information content (AvgIpc) is 2.80. The zero-order valence-corrected chi connectivity index (χ0v) is 15.5. The van der Waals surface area contributed by atoms with Gasteiger partial charge in [-0.15, -0.1) is 0 Å². The molecule has 2 saturated heterocycles. The molecule has 0 unspecified atom stereocenters. The number of cyclic esters (lactones) is 1. The second kappa shape index (κ2) is 5.56. The van der Waals surface area contributed by atoms with Crippen molar-refractivity contribution in [2.75, 3.05) is 6.61 Å². The zero-order chi connectivity index (χ0) is 16.9. The number of ether oxygens (including phenoxy) is 3. The molecule has 2 rings (SSSR count). The van der Waals surface area contributed by atoms with E-state index in [4.69, 9.17) is 18.6 Å². The molecule has 2 heterocycles. The molecule has 2 fully saturated rings. The second-order valence-corrected chi connectivity index (χ2v) is 12.9. The summed E-state index contributed by atoms with van der Waals surface area (Å²) >= 11 is 0. The molecule has 0 bridgehead atoms. The van der Waals surface area contributed by atoms with Gasteiger partial charge in [0.15, 0.2) is 26.3 Å². The van der Waals surface area contributed by atoms with Crippen molar-refractivity contribution in [3.05, 3.63) is 0 Å². The van der Waals surface area contributed by atoms with Gasteiger partial charge in [-0.1, -0.05) is 20.8 Å². The number of aliphatic hydroxyl groups is 1. The summed E-state index contributed by atoms with van der Waals surface area (Å²) in [5, 5.41) is 10.4. The van der Waals surface area contributed by atoms with Crippen LogP contribution in [-0.2, 0) is 23.4 Å². The Kier molecular flexibility index (Phi) is 4.52. The highest BCUT2D eigenvalue weighted by atomic mass is 28.4. The van der Waals surface area contributed by atoms with Crippen molar-refractivity contribution < 1.29 is 28.5 Å². The van der Waals surface area contributed by atoms with Gasteiger partial charge >= 0.3 is 5.97 Å². The van der Waals surface area contributed by atoms with Gasteiger partial charge in [0.1, 0.15) is 12.2 Å². The van der Waals surface area contributed by atoms with Crippen molar-refractivity contribution >= 4 is 14.3 Å². The van der Waals surface area contributed by atoms with E-state index < -0.39 is 44.5 Å². The zero-order valence-electron chi connectivity index (χ0n) is 14.5. The van der Waals surface area contributed by atoms with Crippen LogP contribution in [0.3, 0.4) is 0 Å². The second-order valence-electron chi connectivity index (χ2n) is 8.06. The van der Waals surface area contributed by atoms with Crippen LogP contribution >= 0.6 is 0 Å². The first kappa shape index (κ1) is 17.9. The Morgan fingerprint density at radius 3 is 2.45 bits per heavy atom. The Morgan fingerprint density at radius 2 is 1.91 bits per heavy atom. The Hall–Kier alpha value is -0.473. The molecular weight excluding hydrogens is 304 g/mol. The highest BCUT2D eigenvalue weighted by Gasteiger charge is 2.58. The number of carbonyl (C=O) groups excluding carboxylic acids is 1. The molecule has 1 N–H and O–H groups in total. The SMILES string of the molecule is CC1(C)O[C@H]2[C@H]([C@@H](O)CO[Si](C)(C)C(C)(C)C)OC(=O)[C@H]2O1. The molecule has 0 aliphatic carbocycles. The van der Waals surface area contributed by atoms with Crippen LogP contribution in [0.1, 0.15) is 34.6 Å². The standard InChI is InChI=1S/C15H28O6Si/c1-14(2,3)22(6,7)18-8-9(16)10-11-12(13(17)19-10)21-15(4,5)20-11/h9-12,16H,8H2,1-7H3/t9-,10-,11-,12-/m0/s1. The van der Waals surface area contributed by atoms with Crippen molar-refractivity contribution in [2.45, 2.75) is 83.0 Å². The summed E-state index contributed by atoms with van der Waals surface area (Å²) in [6.07, 6.45) is -3.02. The quantitative estimate of drug-likeness (QED) is 0.625. The van der Waals surface area contributed by atoms with Gasteiger partial charge in [0.25, 0.3) is 0 Å². The number of esters is 1. The van der Waals surface area contributed by atoms with E-state index in [0.29, 0.717) is 0 Å². The fourth-order valence-electron chi connectivity index (χ4n) is 2.38. The molecule has 2 aliphatic rings. The lowest BCUT2D eigenvalue weighted by Crippen LogP contribution is -2.46. The Bertz CT molecular complexity index is 442. The topological polar surface area (TPSA) is 74.2 Å². The van der Waals surface area contributed by atoms with Gasteiger partial charge in [0.2, 0.25) is 0 Å². The summed E-state index contributed by atoms with van der Waals surface area (Å²) in [7, 11) is -1.97. The maximum atomic E-state index is 11.8. The monoisotopic (exact) mass is 332 g/mol. The number of fused-ring (bicyclic) bond motifs is 1. The van der Waals surface area contributed by atoms with E-state index in [1.165, 1.54) is 0 Å². The molecule has 128 valence electrons. The Balaban J connectivity index is 1.99. The van der Waals surface area contributed by atoms with Crippen LogP contribution in [0.25, 0.3) is 0 Å². The minimum Gasteiger partial charge on any atom is -0.455 e. The van der Waals surface area contributed by atoms with Crippen molar-refractivity contribution in [3.8, 4) is 0 Å².